The van der Waals surface area contributed by atoms with E-state index in [2.05, 4.69) is 26.6 Å². The number of pyridine rings is 1. The summed E-state index contributed by atoms with van der Waals surface area (Å²) in [5.41, 5.74) is 1.96. The number of aromatic nitrogens is 1. The van der Waals surface area contributed by atoms with Crippen molar-refractivity contribution in [1.82, 2.24) is 20.5 Å². The van der Waals surface area contributed by atoms with Crippen molar-refractivity contribution < 1.29 is 9.59 Å². The molecule has 1 aliphatic heterocycles. The third-order valence-corrected chi connectivity index (χ3v) is 5.43. The van der Waals surface area contributed by atoms with Gasteiger partial charge in [0.2, 0.25) is 11.8 Å². The van der Waals surface area contributed by atoms with Crippen LogP contribution in [0.25, 0.3) is 0 Å². The Morgan fingerprint density at radius 1 is 1.38 bits per heavy atom. The average molecular weight is 358 g/mol. The van der Waals surface area contributed by atoms with Crippen LogP contribution in [0.2, 0.25) is 0 Å². The molecule has 1 aromatic heterocycles. The highest BCUT2D eigenvalue weighted by atomic mass is 16.2. The molecule has 1 aliphatic carbocycles. The maximum Gasteiger partial charge on any atom is 0.244 e. The number of rotatable bonds is 4. The SMILES string of the molecule is Cc1ccc(CN2CC(NC(=O)C(C)C)C(=O)NC3(CCCC3)C2)nc1. The van der Waals surface area contributed by atoms with Gasteiger partial charge in [0.25, 0.3) is 0 Å². The molecule has 3 rings (SSSR count). The van der Waals surface area contributed by atoms with E-state index in [1.165, 1.54) is 0 Å². The maximum absolute atomic E-state index is 12.8. The molecule has 6 nitrogen and oxygen atoms in total. The molecule has 0 bridgehead atoms. The Bertz CT molecular complexity index is 650. The number of hydrogen-bond donors (Lipinski definition) is 2. The van der Waals surface area contributed by atoms with Crippen molar-refractivity contribution in [2.75, 3.05) is 13.1 Å². The first-order valence-electron chi connectivity index (χ1n) is 9.63. The van der Waals surface area contributed by atoms with Crippen LogP contribution >= 0.6 is 0 Å². The molecule has 2 amide bonds. The van der Waals surface area contributed by atoms with Crippen molar-refractivity contribution in [2.45, 2.75) is 64.6 Å². The topological polar surface area (TPSA) is 74.3 Å². The van der Waals surface area contributed by atoms with Crippen molar-refractivity contribution >= 4 is 11.8 Å². The minimum absolute atomic E-state index is 0.0553. The second kappa shape index (κ2) is 7.74. The number of aryl methyl sites for hydroxylation is 1. The summed E-state index contributed by atoms with van der Waals surface area (Å²) in [6, 6.07) is 3.58. The second-order valence-corrected chi connectivity index (χ2v) is 8.19. The number of carbonyl (C=O) groups is 2. The van der Waals surface area contributed by atoms with Gasteiger partial charge >= 0.3 is 0 Å². The molecule has 1 atom stereocenters. The van der Waals surface area contributed by atoms with Gasteiger partial charge in [0, 0.05) is 31.7 Å². The molecule has 2 N–H and O–H groups in total. The molecule has 1 saturated heterocycles. The summed E-state index contributed by atoms with van der Waals surface area (Å²) in [6.07, 6.45) is 6.16. The molecule has 1 spiro atoms. The second-order valence-electron chi connectivity index (χ2n) is 8.19. The monoisotopic (exact) mass is 358 g/mol. The standard InChI is InChI=1S/C20H30N4O2/c1-14(2)18(25)22-17-12-24(11-16-7-6-15(3)10-21-16)13-20(23-19(17)26)8-4-5-9-20/h6-7,10,14,17H,4-5,8-9,11-13H2,1-3H3,(H,22,25)(H,23,26). The summed E-state index contributed by atoms with van der Waals surface area (Å²) >= 11 is 0. The van der Waals surface area contributed by atoms with Crippen molar-refractivity contribution in [1.29, 1.82) is 0 Å². The van der Waals surface area contributed by atoms with Gasteiger partial charge in [-0.1, -0.05) is 32.8 Å². The van der Waals surface area contributed by atoms with Crippen LogP contribution in [0.3, 0.4) is 0 Å². The van der Waals surface area contributed by atoms with Crippen LogP contribution in [0, 0.1) is 12.8 Å². The fourth-order valence-electron chi connectivity index (χ4n) is 3.95. The molecule has 0 radical (unpaired) electrons. The highest BCUT2D eigenvalue weighted by molar-refractivity contribution is 5.89. The Labute approximate surface area is 155 Å². The normalized spacial score (nSPS) is 23.1. The van der Waals surface area contributed by atoms with Gasteiger partial charge in [0.1, 0.15) is 6.04 Å². The summed E-state index contributed by atoms with van der Waals surface area (Å²) in [6.45, 7) is 7.72. The molecule has 2 aliphatic rings. The highest BCUT2D eigenvalue weighted by Gasteiger charge is 2.42. The van der Waals surface area contributed by atoms with Gasteiger partial charge in [-0.25, -0.2) is 0 Å². The van der Waals surface area contributed by atoms with Crippen LogP contribution in [0.15, 0.2) is 18.3 Å². The maximum atomic E-state index is 12.8. The fraction of sp³-hybridized carbons (Fsp3) is 0.650. The van der Waals surface area contributed by atoms with E-state index < -0.39 is 6.04 Å². The largest absolute Gasteiger partial charge is 0.348 e. The first-order valence-corrected chi connectivity index (χ1v) is 9.63. The van der Waals surface area contributed by atoms with Crippen LogP contribution in [0.1, 0.15) is 50.8 Å². The quantitative estimate of drug-likeness (QED) is 0.860. The molecule has 1 unspecified atom stereocenters. The number of amides is 2. The number of hydrogen-bond acceptors (Lipinski definition) is 4. The lowest BCUT2D eigenvalue weighted by atomic mass is 9.97. The van der Waals surface area contributed by atoms with E-state index in [0.29, 0.717) is 13.1 Å². The van der Waals surface area contributed by atoms with Gasteiger partial charge in [-0.3, -0.25) is 19.5 Å². The van der Waals surface area contributed by atoms with Gasteiger partial charge in [0.15, 0.2) is 0 Å². The zero-order valence-electron chi connectivity index (χ0n) is 16.0. The third-order valence-electron chi connectivity index (χ3n) is 5.43. The smallest absolute Gasteiger partial charge is 0.244 e. The third kappa shape index (κ3) is 4.41. The number of nitrogens with one attached hydrogen (secondary N) is 2. The van der Waals surface area contributed by atoms with E-state index in [1.54, 1.807) is 0 Å². The van der Waals surface area contributed by atoms with E-state index in [4.69, 9.17) is 0 Å². The Morgan fingerprint density at radius 3 is 2.73 bits per heavy atom. The zero-order chi connectivity index (χ0) is 18.7. The number of carbonyl (C=O) groups excluding carboxylic acids is 2. The highest BCUT2D eigenvalue weighted by Crippen LogP contribution is 2.32. The first kappa shape index (κ1) is 18.8. The lowest BCUT2D eigenvalue weighted by Gasteiger charge is -2.32. The Kier molecular flexibility index (Phi) is 5.61. The van der Waals surface area contributed by atoms with Gasteiger partial charge in [-0.2, -0.15) is 0 Å². The van der Waals surface area contributed by atoms with Crippen molar-refractivity contribution in [2.24, 2.45) is 5.92 Å². The minimum atomic E-state index is -0.518. The zero-order valence-corrected chi connectivity index (χ0v) is 16.0. The molecular weight excluding hydrogens is 328 g/mol. The van der Waals surface area contributed by atoms with Crippen LogP contribution in [-0.2, 0) is 16.1 Å². The summed E-state index contributed by atoms with van der Waals surface area (Å²) in [7, 11) is 0. The average Bonchev–Trinajstić information content (AvgIpc) is 2.98. The lowest BCUT2D eigenvalue weighted by Crippen LogP contribution is -2.54. The van der Waals surface area contributed by atoms with E-state index in [1.807, 2.05) is 33.0 Å². The van der Waals surface area contributed by atoms with E-state index in [-0.39, 0.29) is 23.3 Å². The molecule has 142 valence electrons. The summed E-state index contributed by atoms with van der Waals surface area (Å²) in [5.74, 6) is -0.278. The summed E-state index contributed by atoms with van der Waals surface area (Å²) < 4.78 is 0. The van der Waals surface area contributed by atoms with Crippen molar-refractivity contribution in [3.8, 4) is 0 Å². The van der Waals surface area contributed by atoms with Crippen LogP contribution < -0.4 is 10.6 Å². The molecule has 2 fully saturated rings. The van der Waals surface area contributed by atoms with E-state index in [9.17, 15) is 9.59 Å². The molecule has 1 aromatic rings. The first-order chi connectivity index (χ1) is 12.4. The van der Waals surface area contributed by atoms with E-state index >= 15 is 0 Å². The predicted molar refractivity (Wildman–Crippen MR) is 100 cm³/mol. The van der Waals surface area contributed by atoms with Gasteiger partial charge in [-0.15, -0.1) is 0 Å². The van der Waals surface area contributed by atoms with Crippen LogP contribution in [0.4, 0.5) is 0 Å². The molecule has 0 aromatic carbocycles. The van der Waals surface area contributed by atoms with Gasteiger partial charge in [0.05, 0.1) is 11.2 Å². The van der Waals surface area contributed by atoms with Crippen molar-refractivity contribution in [3.63, 3.8) is 0 Å². The predicted octanol–water partition coefficient (Wildman–Crippen LogP) is 1.78. The van der Waals surface area contributed by atoms with Crippen molar-refractivity contribution in [3.05, 3.63) is 29.6 Å². The van der Waals surface area contributed by atoms with Crippen LogP contribution in [-0.4, -0.2) is 46.4 Å². The summed E-state index contributed by atoms with van der Waals surface area (Å²) in [5, 5.41) is 6.18. The molecule has 26 heavy (non-hydrogen) atoms. The molecule has 2 heterocycles. The lowest BCUT2D eigenvalue weighted by molar-refractivity contribution is -0.131. The van der Waals surface area contributed by atoms with E-state index in [0.717, 1.165) is 43.5 Å². The Balaban J connectivity index is 1.79. The van der Waals surface area contributed by atoms with Gasteiger partial charge < -0.3 is 10.6 Å². The van der Waals surface area contributed by atoms with Crippen LogP contribution in [0.5, 0.6) is 0 Å². The summed E-state index contributed by atoms with van der Waals surface area (Å²) in [4.78, 5) is 31.8. The fourth-order valence-corrected chi connectivity index (χ4v) is 3.95. The molecule has 6 heteroatoms. The minimum Gasteiger partial charge on any atom is -0.348 e. The molecule has 1 saturated carbocycles. The Hall–Kier alpha value is -1.95. The Morgan fingerprint density at radius 2 is 2.12 bits per heavy atom. The van der Waals surface area contributed by atoms with Gasteiger partial charge in [-0.05, 0) is 31.4 Å². The molecular formula is C20H30N4O2. The number of nitrogens with zero attached hydrogens (tertiary/aromatic N) is 2.